The van der Waals surface area contributed by atoms with Gasteiger partial charge in [-0.1, -0.05) is 18.2 Å². The number of rotatable bonds is 4. The summed E-state index contributed by atoms with van der Waals surface area (Å²) in [6, 6.07) is 11.9. The van der Waals surface area contributed by atoms with Crippen molar-refractivity contribution in [2.75, 3.05) is 13.1 Å². The van der Waals surface area contributed by atoms with Crippen LogP contribution in [0.5, 0.6) is 5.75 Å². The second-order valence-corrected chi connectivity index (χ2v) is 6.89. The molecule has 132 valence electrons. The average molecular weight is 341 g/mol. The molecule has 0 saturated carbocycles. The zero-order chi connectivity index (χ0) is 17.8. The van der Waals surface area contributed by atoms with Crippen LogP contribution in [0.1, 0.15) is 40.7 Å². The van der Waals surface area contributed by atoms with Gasteiger partial charge in [-0.05, 0) is 73.9 Å². The minimum Gasteiger partial charge on any atom is -0.508 e. The lowest BCUT2D eigenvalue weighted by molar-refractivity contribution is 0.0668. The van der Waals surface area contributed by atoms with Crippen molar-refractivity contribution in [1.82, 2.24) is 4.90 Å². The highest BCUT2D eigenvalue weighted by Crippen LogP contribution is 2.25. The molecule has 0 aliphatic carbocycles. The van der Waals surface area contributed by atoms with E-state index in [0.29, 0.717) is 30.0 Å². The average Bonchev–Trinajstić information content (AvgIpc) is 2.63. The number of halogens is 1. The van der Waals surface area contributed by atoms with Gasteiger partial charge in [0.2, 0.25) is 0 Å². The second-order valence-electron chi connectivity index (χ2n) is 6.89. The minimum absolute atomic E-state index is 0.0127. The molecule has 1 aliphatic rings. The molecule has 0 spiro atoms. The number of benzene rings is 2. The molecule has 2 aromatic rings. The number of phenols is 1. The zero-order valence-electron chi connectivity index (χ0n) is 14.5. The van der Waals surface area contributed by atoms with Crippen molar-refractivity contribution in [3.63, 3.8) is 0 Å². The number of phenolic OH excluding ortho intramolecular Hbond substituents is 1. The monoisotopic (exact) mass is 341 g/mol. The third-order valence-corrected chi connectivity index (χ3v) is 5.03. The van der Waals surface area contributed by atoms with Gasteiger partial charge in [0, 0.05) is 18.7 Å². The van der Waals surface area contributed by atoms with Crippen LogP contribution in [0, 0.1) is 18.7 Å². The molecule has 3 rings (SSSR count). The number of piperidine rings is 1. The minimum atomic E-state index is -0.147. The molecule has 0 aromatic heterocycles. The van der Waals surface area contributed by atoms with Gasteiger partial charge in [0.25, 0.3) is 5.91 Å². The lowest BCUT2D eigenvalue weighted by atomic mass is 9.91. The Morgan fingerprint density at radius 3 is 2.84 bits per heavy atom. The van der Waals surface area contributed by atoms with Crippen molar-refractivity contribution >= 4 is 5.91 Å². The van der Waals surface area contributed by atoms with Gasteiger partial charge >= 0.3 is 0 Å². The molecule has 1 heterocycles. The first-order valence-electron chi connectivity index (χ1n) is 8.87. The summed E-state index contributed by atoms with van der Waals surface area (Å²) < 4.78 is 13.8. The Morgan fingerprint density at radius 2 is 2.08 bits per heavy atom. The summed E-state index contributed by atoms with van der Waals surface area (Å²) in [4.78, 5) is 14.6. The van der Waals surface area contributed by atoms with Gasteiger partial charge in [-0.3, -0.25) is 4.79 Å². The number of likely N-dealkylation sites (tertiary alicyclic amines) is 1. The topological polar surface area (TPSA) is 40.5 Å². The zero-order valence-corrected chi connectivity index (χ0v) is 14.5. The first kappa shape index (κ1) is 17.5. The molecule has 1 saturated heterocycles. The van der Waals surface area contributed by atoms with E-state index in [2.05, 4.69) is 0 Å². The Kier molecular flexibility index (Phi) is 5.37. The van der Waals surface area contributed by atoms with Gasteiger partial charge in [-0.25, -0.2) is 4.39 Å². The molecule has 1 N–H and O–H groups in total. The first-order chi connectivity index (χ1) is 12.0. The molecule has 1 aliphatic heterocycles. The van der Waals surface area contributed by atoms with Crippen LogP contribution < -0.4 is 0 Å². The van der Waals surface area contributed by atoms with E-state index in [1.807, 2.05) is 17.0 Å². The molecule has 0 bridgehead atoms. The number of nitrogens with zero attached hydrogens (tertiary/aromatic N) is 1. The van der Waals surface area contributed by atoms with Crippen molar-refractivity contribution in [3.05, 3.63) is 65.0 Å². The second kappa shape index (κ2) is 7.68. The molecule has 1 atom stereocenters. The highest BCUT2D eigenvalue weighted by Gasteiger charge is 2.24. The molecular formula is C21H24FNO2. The van der Waals surface area contributed by atoms with Crippen LogP contribution in [0.15, 0.2) is 42.5 Å². The number of carbonyl (C=O) groups is 1. The van der Waals surface area contributed by atoms with E-state index >= 15 is 0 Å². The van der Waals surface area contributed by atoms with Gasteiger partial charge in [0.05, 0.1) is 0 Å². The molecule has 0 unspecified atom stereocenters. The number of hydrogen-bond acceptors (Lipinski definition) is 2. The Labute approximate surface area is 148 Å². The SMILES string of the molecule is Cc1cc(C(=O)N2CCC[C@H](CCc3ccccc3F)C2)ccc1O. The predicted molar refractivity (Wildman–Crippen MR) is 96.2 cm³/mol. The van der Waals surface area contributed by atoms with E-state index in [1.54, 1.807) is 31.2 Å². The lowest BCUT2D eigenvalue weighted by Gasteiger charge is -2.33. The number of hydrogen-bond donors (Lipinski definition) is 1. The normalized spacial score (nSPS) is 17.5. The van der Waals surface area contributed by atoms with E-state index in [0.717, 1.165) is 31.4 Å². The number of aryl methyl sites for hydroxylation is 2. The van der Waals surface area contributed by atoms with Gasteiger partial charge < -0.3 is 10.0 Å². The van der Waals surface area contributed by atoms with E-state index in [1.165, 1.54) is 6.07 Å². The third-order valence-electron chi connectivity index (χ3n) is 5.03. The largest absolute Gasteiger partial charge is 0.508 e. The molecule has 25 heavy (non-hydrogen) atoms. The van der Waals surface area contributed by atoms with Crippen LogP contribution in [-0.2, 0) is 6.42 Å². The van der Waals surface area contributed by atoms with Gasteiger partial charge in [0.1, 0.15) is 11.6 Å². The summed E-state index contributed by atoms with van der Waals surface area (Å²) in [5, 5.41) is 9.62. The molecule has 4 heteroatoms. The summed E-state index contributed by atoms with van der Waals surface area (Å²) in [7, 11) is 0. The maximum absolute atomic E-state index is 13.8. The summed E-state index contributed by atoms with van der Waals surface area (Å²) in [6.45, 7) is 3.27. The van der Waals surface area contributed by atoms with Gasteiger partial charge in [-0.15, -0.1) is 0 Å². The van der Waals surface area contributed by atoms with Crippen LogP contribution in [0.3, 0.4) is 0 Å². The molecule has 2 aromatic carbocycles. The highest BCUT2D eigenvalue weighted by molar-refractivity contribution is 5.94. The summed E-state index contributed by atoms with van der Waals surface area (Å²) in [5.41, 5.74) is 2.07. The van der Waals surface area contributed by atoms with Crippen molar-refractivity contribution in [2.45, 2.75) is 32.6 Å². The van der Waals surface area contributed by atoms with Crippen molar-refractivity contribution in [1.29, 1.82) is 0 Å². The maximum Gasteiger partial charge on any atom is 0.253 e. The maximum atomic E-state index is 13.8. The number of amides is 1. The summed E-state index contributed by atoms with van der Waals surface area (Å²) in [5.74, 6) is 0.470. The van der Waals surface area contributed by atoms with Gasteiger partial charge in [0.15, 0.2) is 0 Å². The molecule has 1 fully saturated rings. The van der Waals surface area contributed by atoms with Crippen LogP contribution in [-0.4, -0.2) is 29.0 Å². The fourth-order valence-electron chi connectivity index (χ4n) is 3.52. The van der Waals surface area contributed by atoms with Crippen molar-refractivity contribution in [3.8, 4) is 5.75 Å². The smallest absolute Gasteiger partial charge is 0.253 e. The quantitative estimate of drug-likeness (QED) is 0.899. The predicted octanol–water partition coefficient (Wildman–Crippen LogP) is 4.32. The summed E-state index contributed by atoms with van der Waals surface area (Å²) in [6.07, 6.45) is 3.65. The van der Waals surface area contributed by atoms with Crippen LogP contribution in [0.4, 0.5) is 4.39 Å². The van der Waals surface area contributed by atoms with Crippen LogP contribution in [0.2, 0.25) is 0 Å². The van der Waals surface area contributed by atoms with Crippen LogP contribution in [0.25, 0.3) is 0 Å². The fourth-order valence-corrected chi connectivity index (χ4v) is 3.52. The third kappa shape index (κ3) is 4.19. The Bertz CT molecular complexity index is 759. The van der Waals surface area contributed by atoms with Crippen molar-refractivity contribution in [2.24, 2.45) is 5.92 Å². The Hall–Kier alpha value is -2.36. The van der Waals surface area contributed by atoms with Gasteiger partial charge in [-0.2, -0.15) is 0 Å². The Morgan fingerprint density at radius 1 is 1.28 bits per heavy atom. The molecular weight excluding hydrogens is 317 g/mol. The standard InChI is InChI=1S/C21H24FNO2/c1-15-13-18(10-11-20(15)24)21(25)23-12-4-5-16(14-23)8-9-17-6-2-3-7-19(17)22/h2-3,6-7,10-11,13,16,24H,4-5,8-9,12,14H2,1H3/t16-/m1/s1. The molecule has 0 radical (unpaired) electrons. The highest BCUT2D eigenvalue weighted by atomic mass is 19.1. The Balaban J connectivity index is 1.61. The molecule has 3 nitrogen and oxygen atoms in total. The summed E-state index contributed by atoms with van der Waals surface area (Å²) >= 11 is 0. The van der Waals surface area contributed by atoms with E-state index < -0.39 is 0 Å². The fraction of sp³-hybridized carbons (Fsp3) is 0.381. The number of aromatic hydroxyl groups is 1. The van der Waals surface area contributed by atoms with E-state index in [4.69, 9.17) is 0 Å². The van der Waals surface area contributed by atoms with E-state index in [9.17, 15) is 14.3 Å². The van der Waals surface area contributed by atoms with Crippen molar-refractivity contribution < 1.29 is 14.3 Å². The lowest BCUT2D eigenvalue weighted by Crippen LogP contribution is -2.40. The molecule has 1 amide bonds. The van der Waals surface area contributed by atoms with Crippen LogP contribution >= 0.6 is 0 Å². The van der Waals surface area contributed by atoms with E-state index in [-0.39, 0.29) is 17.5 Å². The number of carbonyl (C=O) groups excluding carboxylic acids is 1. The first-order valence-corrected chi connectivity index (χ1v) is 8.87.